The van der Waals surface area contributed by atoms with Crippen LogP contribution in [-0.4, -0.2) is 22.9 Å². The molecule has 4 nitrogen and oxygen atoms in total. The molecule has 0 unspecified atom stereocenters. The number of rotatable bonds is 2. The van der Waals surface area contributed by atoms with Crippen LogP contribution in [0.1, 0.15) is 25.6 Å². The molecular formula is C7H9F3N2O2S. The van der Waals surface area contributed by atoms with Crippen LogP contribution in [0.5, 0.6) is 0 Å². The molecule has 0 radical (unpaired) electrons. The maximum Gasteiger partial charge on any atom is 0.517 e. The molecule has 15 heavy (non-hydrogen) atoms. The second kappa shape index (κ2) is 3.51. The quantitative estimate of drug-likeness (QED) is 0.793. The smallest absolute Gasteiger partial charge is 0.240 e. The standard InChI is InChI=1S/C7H9F3N2O2S/c1-5(2)6-11-3-4-12(6)15(13,14)7(8,9)10/h3-5H,1-2H3. The molecule has 0 amide bonds. The minimum Gasteiger partial charge on any atom is -0.240 e. The lowest BCUT2D eigenvalue weighted by Gasteiger charge is -2.12. The van der Waals surface area contributed by atoms with Gasteiger partial charge in [0.15, 0.2) is 0 Å². The van der Waals surface area contributed by atoms with Crippen molar-refractivity contribution in [3.05, 3.63) is 18.2 Å². The van der Waals surface area contributed by atoms with Crippen LogP contribution in [0.2, 0.25) is 0 Å². The van der Waals surface area contributed by atoms with Crippen molar-refractivity contribution in [2.75, 3.05) is 0 Å². The van der Waals surface area contributed by atoms with Crippen LogP contribution in [0.4, 0.5) is 13.2 Å². The highest BCUT2D eigenvalue weighted by atomic mass is 32.2. The first-order valence-electron chi connectivity index (χ1n) is 4.03. The van der Waals surface area contributed by atoms with E-state index in [1.54, 1.807) is 13.8 Å². The third-order valence-electron chi connectivity index (χ3n) is 1.70. The first-order valence-corrected chi connectivity index (χ1v) is 5.47. The second-order valence-corrected chi connectivity index (χ2v) is 4.99. The van der Waals surface area contributed by atoms with Gasteiger partial charge in [0.05, 0.1) is 0 Å². The Balaban J connectivity index is 3.35. The number of halogens is 3. The van der Waals surface area contributed by atoms with Gasteiger partial charge in [-0.1, -0.05) is 13.8 Å². The average Bonchev–Trinajstić information content (AvgIpc) is 2.48. The van der Waals surface area contributed by atoms with Crippen LogP contribution in [0.15, 0.2) is 12.4 Å². The van der Waals surface area contributed by atoms with Crippen molar-refractivity contribution in [2.24, 2.45) is 0 Å². The number of hydrogen-bond donors (Lipinski definition) is 0. The molecule has 0 saturated carbocycles. The van der Waals surface area contributed by atoms with Crippen LogP contribution in [0, 0.1) is 0 Å². The van der Waals surface area contributed by atoms with Gasteiger partial charge in [0, 0.05) is 18.3 Å². The van der Waals surface area contributed by atoms with E-state index in [-0.39, 0.29) is 9.80 Å². The van der Waals surface area contributed by atoms with Crippen molar-refractivity contribution in [1.29, 1.82) is 0 Å². The molecule has 1 heterocycles. The van der Waals surface area contributed by atoms with Gasteiger partial charge in [-0.15, -0.1) is 0 Å². The highest BCUT2D eigenvalue weighted by Crippen LogP contribution is 2.27. The van der Waals surface area contributed by atoms with Gasteiger partial charge in [-0.25, -0.2) is 8.96 Å². The zero-order valence-corrected chi connectivity index (χ0v) is 8.80. The summed E-state index contributed by atoms with van der Waals surface area (Å²) >= 11 is 0. The number of aromatic nitrogens is 2. The molecule has 8 heteroatoms. The third kappa shape index (κ3) is 1.99. The molecule has 0 spiro atoms. The van der Waals surface area contributed by atoms with Gasteiger partial charge in [0.25, 0.3) is 0 Å². The summed E-state index contributed by atoms with van der Waals surface area (Å²) in [6.07, 6.45) is 1.82. The van der Waals surface area contributed by atoms with E-state index in [0.29, 0.717) is 0 Å². The Kier molecular flexibility index (Phi) is 2.81. The molecule has 0 aromatic carbocycles. The van der Waals surface area contributed by atoms with Crippen molar-refractivity contribution in [1.82, 2.24) is 8.96 Å². The molecule has 1 rings (SSSR count). The fourth-order valence-corrected chi connectivity index (χ4v) is 1.96. The first kappa shape index (κ1) is 12.0. The average molecular weight is 242 g/mol. The summed E-state index contributed by atoms with van der Waals surface area (Å²) in [5, 5.41) is 0. The minimum absolute atomic E-state index is 0.132. The van der Waals surface area contributed by atoms with E-state index < -0.39 is 21.4 Å². The number of alkyl halides is 3. The fourth-order valence-electron chi connectivity index (χ4n) is 1.02. The molecule has 0 bridgehead atoms. The molecule has 0 aliphatic heterocycles. The predicted molar refractivity (Wildman–Crippen MR) is 46.7 cm³/mol. The lowest BCUT2D eigenvalue weighted by Crippen LogP contribution is -2.30. The summed E-state index contributed by atoms with van der Waals surface area (Å²) in [6.45, 7) is 3.12. The van der Waals surface area contributed by atoms with E-state index in [2.05, 4.69) is 4.98 Å². The molecule has 0 fully saturated rings. The van der Waals surface area contributed by atoms with E-state index in [1.807, 2.05) is 0 Å². The topological polar surface area (TPSA) is 52.0 Å². The molecule has 1 aromatic rings. The maximum absolute atomic E-state index is 12.2. The van der Waals surface area contributed by atoms with Gasteiger partial charge >= 0.3 is 15.5 Å². The Hall–Kier alpha value is -1.05. The van der Waals surface area contributed by atoms with Crippen LogP contribution in [0.25, 0.3) is 0 Å². The summed E-state index contributed by atoms with van der Waals surface area (Å²) in [6, 6.07) is 0. The van der Waals surface area contributed by atoms with Gasteiger partial charge < -0.3 is 0 Å². The van der Waals surface area contributed by atoms with Gasteiger partial charge in [-0.05, 0) is 0 Å². The lowest BCUT2D eigenvalue weighted by molar-refractivity contribution is -0.0447. The van der Waals surface area contributed by atoms with E-state index in [1.165, 1.54) is 0 Å². The van der Waals surface area contributed by atoms with Gasteiger partial charge in [-0.3, -0.25) is 0 Å². The summed E-state index contributed by atoms with van der Waals surface area (Å²) < 4.78 is 58.9. The summed E-state index contributed by atoms with van der Waals surface area (Å²) in [7, 11) is -5.35. The Labute approximate surface area is 84.8 Å². The SMILES string of the molecule is CC(C)c1nccn1S(=O)(=O)C(F)(F)F. The molecule has 0 aliphatic rings. The first-order chi connectivity index (χ1) is 6.68. The monoisotopic (exact) mass is 242 g/mol. The number of nitrogens with zero attached hydrogens (tertiary/aromatic N) is 2. The molecule has 86 valence electrons. The summed E-state index contributed by atoms with van der Waals surface area (Å²) in [5.41, 5.74) is -5.31. The van der Waals surface area contributed by atoms with E-state index in [0.717, 1.165) is 12.4 Å². The van der Waals surface area contributed by atoms with Crippen LogP contribution >= 0.6 is 0 Å². The summed E-state index contributed by atoms with van der Waals surface area (Å²) in [5.74, 6) is -0.538. The number of imidazole rings is 1. The zero-order valence-electron chi connectivity index (χ0n) is 7.99. The van der Waals surface area contributed by atoms with E-state index in [4.69, 9.17) is 0 Å². The molecule has 1 aromatic heterocycles. The number of hydrogen-bond acceptors (Lipinski definition) is 3. The van der Waals surface area contributed by atoms with Crippen molar-refractivity contribution in [2.45, 2.75) is 25.3 Å². The molecule has 0 aliphatic carbocycles. The summed E-state index contributed by atoms with van der Waals surface area (Å²) in [4.78, 5) is 3.58. The molecule has 0 atom stereocenters. The Morgan fingerprint density at radius 1 is 1.40 bits per heavy atom. The Bertz CT molecular complexity index is 447. The van der Waals surface area contributed by atoms with E-state index in [9.17, 15) is 21.6 Å². The molecular weight excluding hydrogens is 233 g/mol. The van der Waals surface area contributed by atoms with Gasteiger partial charge in [0.2, 0.25) is 0 Å². The molecule has 0 saturated heterocycles. The van der Waals surface area contributed by atoms with Crippen molar-refractivity contribution < 1.29 is 21.6 Å². The minimum atomic E-state index is -5.35. The van der Waals surface area contributed by atoms with Gasteiger partial charge in [-0.2, -0.15) is 21.6 Å². The van der Waals surface area contributed by atoms with E-state index >= 15 is 0 Å². The molecule has 0 N–H and O–H groups in total. The van der Waals surface area contributed by atoms with Crippen LogP contribution in [0.3, 0.4) is 0 Å². The highest BCUT2D eigenvalue weighted by Gasteiger charge is 2.48. The largest absolute Gasteiger partial charge is 0.517 e. The van der Waals surface area contributed by atoms with Crippen molar-refractivity contribution in [3.63, 3.8) is 0 Å². The third-order valence-corrected chi connectivity index (χ3v) is 3.11. The highest BCUT2D eigenvalue weighted by molar-refractivity contribution is 7.90. The van der Waals surface area contributed by atoms with Crippen molar-refractivity contribution >= 4 is 10.0 Å². The zero-order chi connectivity index (χ0) is 11.9. The lowest BCUT2D eigenvalue weighted by atomic mass is 10.2. The van der Waals surface area contributed by atoms with Gasteiger partial charge in [0.1, 0.15) is 5.82 Å². The normalized spacial score (nSPS) is 13.5. The maximum atomic E-state index is 12.2. The van der Waals surface area contributed by atoms with Crippen LogP contribution < -0.4 is 0 Å². The predicted octanol–water partition coefficient (Wildman–Crippen LogP) is 1.70. The Morgan fingerprint density at radius 2 is 1.93 bits per heavy atom. The van der Waals surface area contributed by atoms with Crippen molar-refractivity contribution in [3.8, 4) is 0 Å². The fraction of sp³-hybridized carbons (Fsp3) is 0.571. The second-order valence-electron chi connectivity index (χ2n) is 3.19. The van der Waals surface area contributed by atoms with Crippen LogP contribution in [-0.2, 0) is 10.0 Å². The Morgan fingerprint density at radius 3 is 2.33 bits per heavy atom.